The van der Waals surface area contributed by atoms with Crippen molar-refractivity contribution in [1.29, 1.82) is 0 Å². The number of nitrogens with one attached hydrogen (secondary N) is 4. The molecule has 0 fully saturated rings. The summed E-state index contributed by atoms with van der Waals surface area (Å²) in [6, 6.07) is 18.6. The number of benzene rings is 4. The summed E-state index contributed by atoms with van der Waals surface area (Å²) in [5, 5.41) is 12.9. The van der Waals surface area contributed by atoms with Crippen molar-refractivity contribution in [3.05, 3.63) is 128 Å². The molecule has 0 bridgehead atoms. The molecule has 60 heavy (non-hydrogen) atoms. The highest BCUT2D eigenvalue weighted by molar-refractivity contribution is 7.91. The van der Waals surface area contributed by atoms with E-state index in [9.17, 15) is 49.9 Å². The number of carbonyl (C=O) groups is 5. The predicted octanol–water partition coefficient (Wildman–Crippen LogP) is 5.47. The first-order valence-corrected chi connectivity index (χ1v) is 20.4. The molecule has 2 amide bonds. The maximum Gasteiger partial charge on any atom is 0.338 e. The third-order valence-electron chi connectivity index (χ3n) is 8.48. The molecule has 0 aromatic heterocycles. The number of carbonyl (C=O) groups excluding carboxylic acids is 5. The average molecular weight is 857 g/mol. The summed E-state index contributed by atoms with van der Waals surface area (Å²) in [6.07, 6.45) is 1.97. The second-order valence-electron chi connectivity index (χ2n) is 12.6. The highest BCUT2D eigenvalue weighted by Gasteiger charge is 2.34. The second kappa shape index (κ2) is 17.3. The van der Waals surface area contributed by atoms with Crippen LogP contribution < -0.4 is 21.5 Å². The number of hydrogen-bond donors (Lipinski definition) is 6. The van der Waals surface area contributed by atoms with Crippen molar-refractivity contribution in [1.82, 2.24) is 0 Å². The van der Waals surface area contributed by atoms with Crippen LogP contribution in [0.25, 0.3) is 12.2 Å². The smallest absolute Gasteiger partial charge is 0.338 e. The van der Waals surface area contributed by atoms with Crippen molar-refractivity contribution in [3.8, 4) is 0 Å². The van der Waals surface area contributed by atoms with Gasteiger partial charge in [0.05, 0.1) is 35.7 Å². The molecule has 0 saturated heterocycles. The SMILES string of the molecule is CCOC(=O)c1cccc(NN=C2C(=O)c3ccc(NC(=O)Nc4ccc5c(c4)C=C(S(=O)(=O)O)C(=NNc4cccc(C(=O)OCC)c4)C5=O)cc3C=C2S(=O)(=O)O)c1. The molecule has 6 rings (SSSR count). The van der Waals surface area contributed by atoms with Crippen molar-refractivity contribution in [2.75, 3.05) is 34.7 Å². The lowest BCUT2D eigenvalue weighted by Gasteiger charge is -2.18. The van der Waals surface area contributed by atoms with Crippen molar-refractivity contribution in [2.24, 2.45) is 10.2 Å². The van der Waals surface area contributed by atoms with Gasteiger partial charge < -0.3 is 20.1 Å². The highest BCUT2D eigenvalue weighted by atomic mass is 32.2. The molecule has 2 aliphatic carbocycles. The fraction of sp³-hybridized carbons (Fsp3) is 0.103. The van der Waals surface area contributed by atoms with Crippen LogP contribution in [-0.4, -0.2) is 80.1 Å². The Labute approximate surface area is 341 Å². The molecule has 0 aliphatic heterocycles. The van der Waals surface area contributed by atoms with Gasteiger partial charge in [-0.1, -0.05) is 12.1 Å². The Hall–Kier alpha value is -7.33. The number of ether oxygens (including phenoxy) is 2. The second-order valence-corrected chi connectivity index (χ2v) is 15.3. The quantitative estimate of drug-likeness (QED) is 0.0585. The molecule has 0 heterocycles. The van der Waals surface area contributed by atoms with Gasteiger partial charge in [-0.2, -0.15) is 27.0 Å². The predicted molar refractivity (Wildman–Crippen MR) is 220 cm³/mol. The van der Waals surface area contributed by atoms with Gasteiger partial charge >= 0.3 is 18.0 Å². The molecule has 0 radical (unpaired) electrons. The maximum atomic E-state index is 13.5. The lowest BCUT2D eigenvalue weighted by atomic mass is 9.94. The van der Waals surface area contributed by atoms with Gasteiger partial charge in [0.1, 0.15) is 9.81 Å². The van der Waals surface area contributed by atoms with Crippen molar-refractivity contribution < 1.29 is 59.4 Å². The zero-order valence-electron chi connectivity index (χ0n) is 31.2. The monoisotopic (exact) mass is 856 g/mol. The summed E-state index contributed by atoms with van der Waals surface area (Å²) in [7, 11) is -10.0. The maximum absolute atomic E-state index is 13.5. The van der Waals surface area contributed by atoms with Gasteiger partial charge in [0.2, 0.25) is 11.6 Å². The van der Waals surface area contributed by atoms with Gasteiger partial charge in [0, 0.05) is 22.5 Å². The van der Waals surface area contributed by atoms with E-state index in [1.54, 1.807) is 13.8 Å². The largest absolute Gasteiger partial charge is 0.462 e. The zero-order valence-corrected chi connectivity index (χ0v) is 32.9. The average Bonchev–Trinajstić information content (AvgIpc) is 3.19. The van der Waals surface area contributed by atoms with Crippen LogP contribution in [0.2, 0.25) is 0 Å². The van der Waals surface area contributed by atoms with Crippen molar-refractivity contribution in [3.63, 3.8) is 0 Å². The number of esters is 2. The Morgan fingerprint density at radius 2 is 0.983 bits per heavy atom. The van der Waals surface area contributed by atoms with Crippen LogP contribution in [0.5, 0.6) is 0 Å². The number of amides is 2. The van der Waals surface area contributed by atoms with Gasteiger partial charge in [0.25, 0.3) is 20.2 Å². The first kappa shape index (κ1) is 42.3. The summed E-state index contributed by atoms with van der Waals surface area (Å²) >= 11 is 0. The molecule has 4 aromatic rings. The van der Waals surface area contributed by atoms with Crippen LogP contribution in [0.3, 0.4) is 0 Å². The Morgan fingerprint density at radius 3 is 1.35 bits per heavy atom. The summed E-state index contributed by atoms with van der Waals surface area (Å²) in [4.78, 5) is 62.5. The van der Waals surface area contributed by atoms with Crippen molar-refractivity contribution in [2.45, 2.75) is 13.8 Å². The fourth-order valence-electron chi connectivity index (χ4n) is 5.83. The van der Waals surface area contributed by atoms with Crippen LogP contribution >= 0.6 is 0 Å². The van der Waals surface area contributed by atoms with E-state index in [0.717, 1.165) is 12.2 Å². The number of rotatable bonds is 12. The normalized spacial score (nSPS) is 14.9. The minimum absolute atomic E-state index is 0.00233. The molecule has 21 heteroatoms. The molecule has 4 aromatic carbocycles. The van der Waals surface area contributed by atoms with Crippen LogP contribution in [-0.2, 0) is 29.7 Å². The Balaban J connectivity index is 1.20. The lowest BCUT2D eigenvalue weighted by Crippen LogP contribution is -2.27. The van der Waals surface area contributed by atoms with E-state index in [2.05, 4.69) is 31.7 Å². The van der Waals surface area contributed by atoms with E-state index in [4.69, 9.17) is 9.47 Å². The van der Waals surface area contributed by atoms with Crippen LogP contribution in [0.15, 0.2) is 105 Å². The lowest BCUT2D eigenvalue weighted by molar-refractivity contribution is 0.0517. The van der Waals surface area contributed by atoms with E-state index < -0.39 is 71.0 Å². The Kier molecular flexibility index (Phi) is 12.2. The number of hydrogen-bond acceptors (Lipinski definition) is 15. The molecule has 6 N–H and O–H groups in total. The van der Waals surface area contributed by atoms with Crippen LogP contribution in [0.4, 0.5) is 27.5 Å². The number of anilines is 4. The molecule has 0 spiro atoms. The number of hydrazone groups is 2. The molecule has 2 aliphatic rings. The van der Waals surface area contributed by atoms with E-state index in [0.29, 0.717) is 0 Å². The first-order chi connectivity index (χ1) is 28.5. The van der Waals surface area contributed by atoms with E-state index in [1.165, 1.54) is 84.9 Å². The topological polar surface area (TPSA) is 285 Å². The number of nitrogens with zero attached hydrogens (tertiary/aromatic N) is 2. The standard InChI is InChI=1S/C39H32N6O13S2/c1-3-57-37(48)21-7-5-9-27(15-21)42-44-33-31(59(51,52)53)19-23-17-25(11-13-29(23)35(33)46)40-39(50)41-26-12-14-30-24(18-26)20-32(60(54,55)56)34(36(30)47)45-43-28-10-6-8-22(16-28)38(49)58-4-2/h5-20,42-43H,3-4H2,1-2H3,(H2,40,41,50)(H,51,52,53)(H,54,55,56). The van der Waals surface area contributed by atoms with E-state index in [-0.39, 0.29) is 69.3 Å². The number of urea groups is 1. The van der Waals surface area contributed by atoms with E-state index in [1.807, 2.05) is 0 Å². The molecule has 0 atom stereocenters. The van der Waals surface area contributed by atoms with Gasteiger partial charge in [-0.25, -0.2) is 14.4 Å². The zero-order chi connectivity index (χ0) is 43.4. The summed E-state index contributed by atoms with van der Waals surface area (Å²) in [5.41, 5.74) is 4.55. The molecular formula is C39H32N6O13S2. The van der Waals surface area contributed by atoms with Crippen LogP contribution in [0, 0.1) is 0 Å². The van der Waals surface area contributed by atoms with Crippen LogP contribution in [0.1, 0.15) is 66.4 Å². The molecular weight excluding hydrogens is 825 g/mol. The third-order valence-corrected chi connectivity index (χ3v) is 10.2. The van der Waals surface area contributed by atoms with Gasteiger partial charge in [0.15, 0.2) is 11.4 Å². The Morgan fingerprint density at radius 1 is 0.583 bits per heavy atom. The van der Waals surface area contributed by atoms with E-state index >= 15 is 0 Å². The third kappa shape index (κ3) is 9.51. The summed E-state index contributed by atoms with van der Waals surface area (Å²) < 4.78 is 79.5. The molecule has 0 saturated carbocycles. The fourth-order valence-corrected chi connectivity index (χ4v) is 7.15. The minimum atomic E-state index is -5.02. The summed E-state index contributed by atoms with van der Waals surface area (Å²) in [5.74, 6) is -3.02. The first-order valence-electron chi connectivity index (χ1n) is 17.5. The molecule has 0 unspecified atom stereocenters. The number of allylic oxidation sites excluding steroid dienone is 2. The minimum Gasteiger partial charge on any atom is -0.462 e. The highest BCUT2D eigenvalue weighted by Crippen LogP contribution is 2.30. The van der Waals surface area contributed by atoms with Gasteiger partial charge in [-0.05, 0) is 110 Å². The Bertz CT molecular complexity index is 2660. The molecule has 308 valence electrons. The number of fused-ring (bicyclic) bond motifs is 2. The summed E-state index contributed by atoms with van der Waals surface area (Å²) in [6.45, 7) is 3.53. The van der Waals surface area contributed by atoms with Crippen molar-refractivity contribution >= 4 is 96.1 Å². The molecule has 19 nitrogen and oxygen atoms in total. The number of ketones is 2. The van der Waals surface area contributed by atoms with Gasteiger partial charge in [-0.15, -0.1) is 0 Å². The van der Waals surface area contributed by atoms with Gasteiger partial charge in [-0.3, -0.25) is 29.5 Å². The number of Topliss-reactive ketones (excluding diaryl/α,β-unsaturated/α-hetero) is 2.